The zero-order valence-electron chi connectivity index (χ0n) is 24.3. The third kappa shape index (κ3) is 6.72. The molecule has 0 aliphatic carbocycles. The van der Waals surface area contributed by atoms with Gasteiger partial charge in [-0.25, -0.2) is 9.78 Å². The van der Waals surface area contributed by atoms with Gasteiger partial charge in [-0.1, -0.05) is 73.6 Å². The molecule has 0 atom stereocenters. The van der Waals surface area contributed by atoms with Gasteiger partial charge in [0.2, 0.25) is 0 Å². The summed E-state index contributed by atoms with van der Waals surface area (Å²) >= 11 is 1.03. The van der Waals surface area contributed by atoms with Crippen molar-refractivity contribution in [3.05, 3.63) is 118 Å². The fourth-order valence-electron chi connectivity index (χ4n) is 4.69. The first-order chi connectivity index (χ1) is 21.4. The zero-order valence-corrected chi connectivity index (χ0v) is 25.1. The van der Waals surface area contributed by atoms with Crippen LogP contribution in [0.1, 0.15) is 51.7 Å². The van der Waals surface area contributed by atoms with Crippen molar-refractivity contribution in [3.63, 3.8) is 0 Å². The minimum atomic E-state index is -0.728. The molecule has 0 aliphatic heterocycles. The number of ether oxygens (including phenoxy) is 1. The molecular formula is C35H29N3O5S. The summed E-state index contributed by atoms with van der Waals surface area (Å²) in [6.07, 6.45) is 1.93. The second-order valence-electron chi connectivity index (χ2n) is 9.98. The van der Waals surface area contributed by atoms with Gasteiger partial charge in [-0.15, -0.1) is 0 Å². The van der Waals surface area contributed by atoms with Crippen molar-refractivity contribution in [1.29, 1.82) is 5.26 Å². The van der Waals surface area contributed by atoms with Gasteiger partial charge in [0.25, 0.3) is 5.91 Å². The van der Waals surface area contributed by atoms with Crippen LogP contribution in [0, 0.1) is 18.3 Å². The van der Waals surface area contributed by atoms with E-state index in [1.165, 1.54) is 6.07 Å². The minimum absolute atomic E-state index is 0.0795. The number of ketones is 1. The van der Waals surface area contributed by atoms with E-state index in [9.17, 15) is 19.6 Å². The van der Waals surface area contributed by atoms with Crippen molar-refractivity contribution in [3.8, 4) is 22.9 Å². The largest absolute Gasteiger partial charge is 0.494 e. The molecule has 1 amide bonds. The number of thioether (sulfide) groups is 1. The van der Waals surface area contributed by atoms with E-state index in [0.29, 0.717) is 45.8 Å². The van der Waals surface area contributed by atoms with Gasteiger partial charge in [0, 0.05) is 16.6 Å². The Morgan fingerprint density at radius 2 is 1.75 bits per heavy atom. The summed E-state index contributed by atoms with van der Waals surface area (Å²) in [7, 11) is 0. The van der Waals surface area contributed by atoms with E-state index in [4.69, 9.17) is 9.15 Å². The van der Waals surface area contributed by atoms with E-state index in [-0.39, 0.29) is 27.5 Å². The number of Topliss-reactive ketones (excluding diaryl/α,β-unsaturated/α-hetero) is 1. The number of aryl methyl sites for hydroxylation is 1. The molecule has 0 fully saturated rings. The Labute approximate surface area is 258 Å². The number of aromatic nitrogens is 1. The molecule has 5 rings (SSSR count). The fourth-order valence-corrected chi connectivity index (χ4v) is 5.60. The highest BCUT2D eigenvalue weighted by Crippen LogP contribution is 2.36. The quantitative estimate of drug-likeness (QED) is 0.0715. The average Bonchev–Trinajstić information content (AvgIpc) is 3.03. The summed E-state index contributed by atoms with van der Waals surface area (Å²) in [5, 5.41) is 14.2. The molecular weight excluding hydrogens is 574 g/mol. The number of para-hydroxylation sites is 2. The number of fused-ring (bicyclic) bond motifs is 1. The Balaban J connectivity index is 1.52. The van der Waals surface area contributed by atoms with Gasteiger partial charge in [-0.05, 0) is 55.3 Å². The van der Waals surface area contributed by atoms with Crippen LogP contribution in [0.15, 0.2) is 99.2 Å². The summed E-state index contributed by atoms with van der Waals surface area (Å²) in [6, 6.07) is 26.9. The van der Waals surface area contributed by atoms with E-state index in [1.807, 2.05) is 18.2 Å². The van der Waals surface area contributed by atoms with Crippen LogP contribution in [0.3, 0.4) is 0 Å². The van der Waals surface area contributed by atoms with Crippen LogP contribution in [0.25, 0.3) is 22.1 Å². The Kier molecular flexibility index (Phi) is 9.52. The first-order valence-electron chi connectivity index (χ1n) is 14.1. The Morgan fingerprint density at radius 1 is 1.02 bits per heavy atom. The number of nitrogens with zero attached hydrogens (tertiary/aromatic N) is 2. The highest BCUT2D eigenvalue weighted by atomic mass is 32.2. The lowest BCUT2D eigenvalue weighted by atomic mass is 9.94. The fraction of sp³-hybridized carbons (Fsp3) is 0.171. The highest BCUT2D eigenvalue weighted by Gasteiger charge is 2.25. The Hall–Kier alpha value is -5.20. The van der Waals surface area contributed by atoms with Crippen LogP contribution in [0.2, 0.25) is 0 Å². The van der Waals surface area contributed by atoms with Crippen LogP contribution >= 0.6 is 11.8 Å². The molecule has 0 bridgehead atoms. The molecule has 0 saturated carbocycles. The molecule has 0 aliphatic rings. The second-order valence-corrected chi connectivity index (χ2v) is 10.9. The summed E-state index contributed by atoms with van der Waals surface area (Å²) in [5.74, 6) is -0.365. The van der Waals surface area contributed by atoms with Gasteiger partial charge in [0.05, 0.1) is 29.2 Å². The van der Waals surface area contributed by atoms with Crippen molar-refractivity contribution in [1.82, 2.24) is 4.98 Å². The minimum Gasteiger partial charge on any atom is -0.494 e. The summed E-state index contributed by atoms with van der Waals surface area (Å²) in [4.78, 5) is 44.0. The normalized spacial score (nSPS) is 10.8. The van der Waals surface area contributed by atoms with E-state index >= 15 is 0 Å². The third-order valence-corrected chi connectivity index (χ3v) is 7.88. The van der Waals surface area contributed by atoms with E-state index < -0.39 is 17.3 Å². The predicted molar refractivity (Wildman–Crippen MR) is 171 cm³/mol. The number of nitrogens with one attached hydrogen (secondary N) is 1. The van der Waals surface area contributed by atoms with Crippen molar-refractivity contribution in [2.24, 2.45) is 0 Å². The average molecular weight is 604 g/mol. The number of benzene rings is 3. The van der Waals surface area contributed by atoms with Crippen LogP contribution < -0.4 is 15.7 Å². The number of hydrogen-bond donors (Lipinski definition) is 1. The smallest absolute Gasteiger partial charge is 0.347 e. The first-order valence-corrected chi connectivity index (χ1v) is 15.1. The number of unbranched alkanes of at least 4 members (excludes halogenated alkanes) is 1. The summed E-state index contributed by atoms with van der Waals surface area (Å²) < 4.78 is 11.1. The van der Waals surface area contributed by atoms with Gasteiger partial charge in [-0.3, -0.25) is 9.59 Å². The molecule has 9 heteroatoms. The zero-order chi connectivity index (χ0) is 31.1. The number of pyridine rings is 1. The summed E-state index contributed by atoms with van der Waals surface area (Å²) in [6.45, 7) is 4.36. The van der Waals surface area contributed by atoms with E-state index in [1.54, 1.807) is 67.6 Å². The maximum atomic E-state index is 13.7. The number of anilines is 1. The van der Waals surface area contributed by atoms with Crippen molar-refractivity contribution in [2.45, 2.75) is 31.7 Å². The molecule has 0 spiro atoms. The molecule has 8 nitrogen and oxygen atoms in total. The van der Waals surface area contributed by atoms with Crippen LogP contribution in [-0.4, -0.2) is 29.0 Å². The number of rotatable bonds is 11. The molecule has 44 heavy (non-hydrogen) atoms. The van der Waals surface area contributed by atoms with Crippen molar-refractivity contribution >= 4 is 40.1 Å². The topological polar surface area (TPSA) is 122 Å². The number of hydrogen-bond acceptors (Lipinski definition) is 8. The monoisotopic (exact) mass is 603 g/mol. The van der Waals surface area contributed by atoms with E-state index in [2.05, 4.69) is 23.3 Å². The van der Waals surface area contributed by atoms with Crippen LogP contribution in [-0.2, 0) is 0 Å². The molecule has 5 aromatic rings. The number of nitriles is 1. The maximum absolute atomic E-state index is 13.7. The number of amides is 1. The molecule has 2 aromatic heterocycles. The van der Waals surface area contributed by atoms with Crippen molar-refractivity contribution < 1.29 is 18.7 Å². The highest BCUT2D eigenvalue weighted by molar-refractivity contribution is 8.00. The third-order valence-electron chi connectivity index (χ3n) is 6.91. The molecule has 0 saturated heterocycles. The van der Waals surface area contributed by atoms with Crippen LogP contribution in [0.5, 0.6) is 5.75 Å². The molecule has 0 radical (unpaired) electrons. The lowest BCUT2D eigenvalue weighted by Gasteiger charge is -2.17. The first kappa shape index (κ1) is 30.3. The Morgan fingerprint density at radius 3 is 2.48 bits per heavy atom. The second kappa shape index (κ2) is 13.8. The molecule has 0 unspecified atom stereocenters. The Bertz CT molecular complexity index is 1930. The lowest BCUT2D eigenvalue weighted by Crippen LogP contribution is -2.18. The van der Waals surface area contributed by atoms with Gasteiger partial charge < -0.3 is 14.5 Å². The summed E-state index contributed by atoms with van der Waals surface area (Å²) in [5.41, 5.74) is 1.98. The lowest BCUT2D eigenvalue weighted by molar-refractivity contribution is 0.101. The van der Waals surface area contributed by atoms with Gasteiger partial charge >= 0.3 is 5.63 Å². The predicted octanol–water partition coefficient (Wildman–Crippen LogP) is 7.44. The molecule has 3 aromatic carbocycles. The SMILES string of the molecule is CCCCOc1ccc(-c2c(C#N)c(SCC(=O)c3cc4ccccc4oc3=O)nc(C)c2C(=O)Nc2ccccc2)cc1. The number of carbonyl (C=O) groups excluding carboxylic acids is 2. The number of carbonyl (C=O) groups is 2. The van der Waals surface area contributed by atoms with Crippen LogP contribution in [0.4, 0.5) is 5.69 Å². The molecule has 2 heterocycles. The maximum Gasteiger partial charge on any atom is 0.347 e. The van der Waals surface area contributed by atoms with Gasteiger partial charge in [0.1, 0.15) is 28.0 Å². The molecule has 220 valence electrons. The standard InChI is InChI=1S/C35H29N3O5S/c1-3-4-18-42-26-16-14-23(15-17-26)32-28(20-36)34(37-22(2)31(32)33(40)38-25-11-6-5-7-12-25)44-21-29(39)27-19-24-10-8-9-13-30(24)43-35(27)41/h5-17,19H,3-4,18,21H2,1-2H3,(H,38,40). The molecule has 1 N–H and O–H groups in total. The van der Waals surface area contributed by atoms with Crippen molar-refractivity contribution in [2.75, 3.05) is 17.7 Å². The van der Waals surface area contributed by atoms with Gasteiger partial charge in [0.15, 0.2) is 5.78 Å². The van der Waals surface area contributed by atoms with E-state index in [0.717, 1.165) is 24.6 Å². The van der Waals surface area contributed by atoms with Gasteiger partial charge in [-0.2, -0.15) is 5.26 Å².